The van der Waals surface area contributed by atoms with Gasteiger partial charge in [0.25, 0.3) is 5.91 Å². The van der Waals surface area contributed by atoms with Crippen LogP contribution < -0.4 is 10.2 Å². The fourth-order valence-electron chi connectivity index (χ4n) is 3.61. The predicted molar refractivity (Wildman–Crippen MR) is 117 cm³/mol. The highest BCUT2D eigenvalue weighted by molar-refractivity contribution is 6.33. The number of carbonyl (C=O) groups excluding carboxylic acids is 1. The molecule has 156 valence electrons. The Morgan fingerprint density at radius 3 is 2.70 bits per heavy atom. The summed E-state index contributed by atoms with van der Waals surface area (Å²) >= 11 is 6.30. The smallest absolute Gasteiger partial charge is 0.257 e. The SMILES string of the molecule is Cc1onc(-c2ccccc2Cl)c1C(=O)NCc1cccnc1N1CCN(C)CC1. The molecule has 3 heterocycles. The quantitative estimate of drug-likeness (QED) is 0.675. The highest BCUT2D eigenvalue weighted by atomic mass is 35.5. The van der Waals surface area contributed by atoms with Gasteiger partial charge in [0.05, 0.1) is 5.02 Å². The topological polar surface area (TPSA) is 74.5 Å². The molecule has 1 aromatic carbocycles. The van der Waals surface area contributed by atoms with Crippen molar-refractivity contribution >= 4 is 23.3 Å². The zero-order valence-electron chi connectivity index (χ0n) is 17.1. The molecule has 2 aromatic heterocycles. The Labute approximate surface area is 180 Å². The number of aromatic nitrogens is 2. The van der Waals surface area contributed by atoms with Crippen LogP contribution in [0.1, 0.15) is 21.7 Å². The van der Waals surface area contributed by atoms with Gasteiger partial charge in [0.2, 0.25) is 0 Å². The first-order valence-electron chi connectivity index (χ1n) is 9.91. The first kappa shape index (κ1) is 20.4. The van der Waals surface area contributed by atoms with Gasteiger partial charge < -0.3 is 19.6 Å². The van der Waals surface area contributed by atoms with Crippen LogP contribution in [-0.2, 0) is 6.54 Å². The van der Waals surface area contributed by atoms with Crippen LogP contribution in [0.3, 0.4) is 0 Å². The first-order valence-corrected chi connectivity index (χ1v) is 10.3. The van der Waals surface area contributed by atoms with E-state index in [4.69, 9.17) is 16.1 Å². The standard InChI is InChI=1S/C22H24ClN5O2/c1-15-19(20(26-30-15)17-7-3-4-8-18(17)23)22(29)25-14-16-6-5-9-24-21(16)28-12-10-27(2)11-13-28/h3-9H,10-14H2,1-2H3,(H,25,29). The van der Waals surface area contributed by atoms with Crippen molar-refractivity contribution in [2.24, 2.45) is 0 Å². The minimum Gasteiger partial charge on any atom is -0.360 e. The summed E-state index contributed by atoms with van der Waals surface area (Å²) in [5.41, 5.74) is 2.48. The number of likely N-dealkylation sites (N-methyl/N-ethyl adjacent to an activating group) is 1. The van der Waals surface area contributed by atoms with Gasteiger partial charge in [-0.15, -0.1) is 0 Å². The van der Waals surface area contributed by atoms with Gasteiger partial charge in [0, 0.05) is 50.0 Å². The van der Waals surface area contributed by atoms with Gasteiger partial charge in [-0.1, -0.05) is 41.0 Å². The molecule has 1 N–H and O–H groups in total. The summed E-state index contributed by atoms with van der Waals surface area (Å²) in [6.45, 7) is 5.89. The van der Waals surface area contributed by atoms with E-state index in [-0.39, 0.29) is 5.91 Å². The maximum absolute atomic E-state index is 13.0. The zero-order chi connectivity index (χ0) is 21.1. The second-order valence-electron chi connectivity index (χ2n) is 7.40. The van der Waals surface area contributed by atoms with Gasteiger partial charge in [0.15, 0.2) is 0 Å². The Balaban J connectivity index is 1.53. The normalized spacial score (nSPS) is 14.7. The highest BCUT2D eigenvalue weighted by Crippen LogP contribution is 2.31. The average molecular weight is 426 g/mol. The summed E-state index contributed by atoms with van der Waals surface area (Å²) in [7, 11) is 2.12. The number of carbonyl (C=O) groups is 1. The van der Waals surface area contributed by atoms with Crippen LogP contribution in [0.4, 0.5) is 5.82 Å². The van der Waals surface area contributed by atoms with Gasteiger partial charge >= 0.3 is 0 Å². The van der Waals surface area contributed by atoms with Gasteiger partial charge in [0.1, 0.15) is 22.8 Å². The fourth-order valence-corrected chi connectivity index (χ4v) is 3.84. The van der Waals surface area contributed by atoms with Crippen molar-refractivity contribution in [3.63, 3.8) is 0 Å². The Kier molecular flexibility index (Phi) is 6.01. The number of nitrogens with one attached hydrogen (secondary N) is 1. The Hall–Kier alpha value is -2.90. The van der Waals surface area contributed by atoms with Crippen molar-refractivity contribution in [3.8, 4) is 11.3 Å². The van der Waals surface area contributed by atoms with Gasteiger partial charge in [-0.25, -0.2) is 4.98 Å². The molecule has 0 spiro atoms. The van der Waals surface area contributed by atoms with E-state index in [0.717, 1.165) is 37.6 Å². The molecule has 3 aromatic rings. The van der Waals surface area contributed by atoms with Crippen molar-refractivity contribution in [2.45, 2.75) is 13.5 Å². The third-order valence-electron chi connectivity index (χ3n) is 5.33. The molecule has 0 unspecified atom stereocenters. The first-order chi connectivity index (χ1) is 14.5. The minimum absolute atomic E-state index is 0.253. The number of nitrogens with zero attached hydrogens (tertiary/aromatic N) is 4. The number of anilines is 1. The van der Waals surface area contributed by atoms with Gasteiger partial charge in [-0.05, 0) is 26.1 Å². The Morgan fingerprint density at radius 2 is 1.93 bits per heavy atom. The third-order valence-corrected chi connectivity index (χ3v) is 5.66. The van der Waals surface area contributed by atoms with E-state index in [1.165, 1.54) is 0 Å². The Bertz CT molecular complexity index is 1040. The van der Waals surface area contributed by atoms with Crippen molar-refractivity contribution in [3.05, 3.63) is 64.5 Å². The molecule has 7 nitrogen and oxygen atoms in total. The van der Waals surface area contributed by atoms with Crippen LogP contribution in [-0.4, -0.2) is 54.2 Å². The monoisotopic (exact) mass is 425 g/mol. The Morgan fingerprint density at radius 1 is 1.17 bits per heavy atom. The summed E-state index contributed by atoms with van der Waals surface area (Å²) in [6.07, 6.45) is 1.79. The van der Waals surface area contributed by atoms with Gasteiger partial charge in [-0.3, -0.25) is 4.79 Å². The lowest BCUT2D eigenvalue weighted by molar-refractivity contribution is 0.0950. The number of hydrogen-bond acceptors (Lipinski definition) is 6. The van der Waals surface area contributed by atoms with E-state index >= 15 is 0 Å². The van der Waals surface area contributed by atoms with Crippen LogP contribution in [0.2, 0.25) is 5.02 Å². The molecular weight excluding hydrogens is 402 g/mol. The van der Waals surface area contributed by atoms with Crippen LogP contribution in [0, 0.1) is 6.92 Å². The molecule has 1 amide bonds. The summed E-state index contributed by atoms with van der Waals surface area (Å²) in [5.74, 6) is 1.11. The number of aryl methyl sites for hydroxylation is 1. The summed E-state index contributed by atoms with van der Waals surface area (Å²) in [5, 5.41) is 7.59. The lowest BCUT2D eigenvalue weighted by atomic mass is 10.1. The molecular formula is C22H24ClN5O2. The van der Waals surface area contributed by atoms with Crippen molar-refractivity contribution in [1.82, 2.24) is 20.4 Å². The summed E-state index contributed by atoms with van der Waals surface area (Å²) < 4.78 is 5.31. The molecule has 1 aliphatic rings. The van der Waals surface area contributed by atoms with E-state index in [9.17, 15) is 4.79 Å². The van der Waals surface area contributed by atoms with Crippen LogP contribution in [0.15, 0.2) is 47.1 Å². The molecule has 1 aliphatic heterocycles. The highest BCUT2D eigenvalue weighted by Gasteiger charge is 2.24. The third kappa shape index (κ3) is 4.17. The van der Waals surface area contributed by atoms with Crippen molar-refractivity contribution in [1.29, 1.82) is 0 Å². The summed E-state index contributed by atoms with van der Waals surface area (Å²) in [4.78, 5) is 22.2. The molecule has 1 fully saturated rings. The molecule has 4 rings (SSSR count). The predicted octanol–water partition coefficient (Wildman–Crippen LogP) is 3.38. The maximum Gasteiger partial charge on any atom is 0.257 e. The zero-order valence-corrected chi connectivity index (χ0v) is 17.8. The van der Waals surface area contributed by atoms with Crippen LogP contribution >= 0.6 is 11.6 Å². The van der Waals surface area contributed by atoms with Crippen LogP contribution in [0.5, 0.6) is 0 Å². The van der Waals surface area contributed by atoms with E-state index in [1.54, 1.807) is 19.2 Å². The average Bonchev–Trinajstić information content (AvgIpc) is 3.14. The largest absolute Gasteiger partial charge is 0.360 e. The molecule has 0 saturated carbocycles. The lowest BCUT2D eigenvalue weighted by Crippen LogP contribution is -2.45. The number of rotatable bonds is 5. The molecule has 8 heteroatoms. The number of benzene rings is 1. The molecule has 1 saturated heterocycles. The van der Waals surface area contributed by atoms with Crippen molar-refractivity contribution in [2.75, 3.05) is 38.1 Å². The molecule has 30 heavy (non-hydrogen) atoms. The number of halogens is 1. The van der Waals surface area contributed by atoms with Gasteiger partial charge in [-0.2, -0.15) is 0 Å². The molecule has 0 atom stereocenters. The van der Waals surface area contributed by atoms with Crippen LogP contribution in [0.25, 0.3) is 11.3 Å². The number of hydrogen-bond donors (Lipinski definition) is 1. The number of amides is 1. The second kappa shape index (κ2) is 8.85. The molecule has 0 aliphatic carbocycles. The maximum atomic E-state index is 13.0. The van der Waals surface area contributed by atoms with E-state index in [1.807, 2.05) is 30.3 Å². The summed E-state index contributed by atoms with van der Waals surface area (Å²) in [6, 6.07) is 11.2. The molecule has 0 bridgehead atoms. The molecule has 0 radical (unpaired) electrons. The van der Waals surface area contributed by atoms with E-state index in [0.29, 0.717) is 34.1 Å². The minimum atomic E-state index is -0.253. The van der Waals surface area contributed by atoms with E-state index in [2.05, 4.69) is 32.3 Å². The van der Waals surface area contributed by atoms with Crippen molar-refractivity contribution < 1.29 is 9.32 Å². The fraction of sp³-hybridized carbons (Fsp3) is 0.318. The number of pyridine rings is 1. The number of piperazine rings is 1. The second-order valence-corrected chi connectivity index (χ2v) is 7.81. The lowest BCUT2D eigenvalue weighted by Gasteiger charge is -2.34. The van der Waals surface area contributed by atoms with E-state index < -0.39 is 0 Å².